The first-order chi connectivity index (χ1) is 0. The van der Waals surface area contributed by atoms with Crippen molar-refractivity contribution in [2.45, 2.75) is 7.43 Å². The van der Waals surface area contributed by atoms with Crippen molar-refractivity contribution < 1.29 is 0 Å². The fourth-order valence-electron chi connectivity index (χ4n) is 0. The number of hydrogen-bond acceptors (Lipinski definition) is 1. The SMILES string of the molecule is C.N.[AlH3].[B].[SiH4]. The quantitative estimate of drug-likeness (QED) is 0.349. The van der Waals surface area contributed by atoms with E-state index in [2.05, 4.69) is 0 Å². The molecule has 3 radical (unpaired) electrons. The Labute approximate surface area is 50.8 Å². The zero-order chi connectivity index (χ0) is 0. The molecule has 0 aliphatic rings. The van der Waals surface area contributed by atoms with Gasteiger partial charge in [-0.05, 0) is 11.0 Å². The molecule has 4 heteroatoms. The van der Waals surface area contributed by atoms with Gasteiger partial charge in [-0.2, -0.15) is 0 Å². The van der Waals surface area contributed by atoms with Crippen LogP contribution in [0.1, 0.15) is 7.43 Å². The van der Waals surface area contributed by atoms with E-state index in [4.69, 9.17) is 0 Å². The lowest BCUT2D eigenvalue weighted by molar-refractivity contribution is 2.13. The van der Waals surface area contributed by atoms with Crippen LogP contribution < -0.4 is 6.15 Å². The van der Waals surface area contributed by atoms with Gasteiger partial charge in [-0.1, -0.05) is 7.43 Å². The Bertz CT molecular complexity index is 11.6. The van der Waals surface area contributed by atoms with Gasteiger partial charge in [0.2, 0.25) is 0 Å². The lowest BCUT2D eigenvalue weighted by Crippen LogP contribution is -0.481. The summed E-state index contributed by atoms with van der Waals surface area (Å²) in [7, 11) is 0. The minimum absolute atomic E-state index is 0. The van der Waals surface area contributed by atoms with Crippen molar-refractivity contribution in [2.75, 3.05) is 0 Å². The summed E-state index contributed by atoms with van der Waals surface area (Å²) in [5, 5.41) is 0. The van der Waals surface area contributed by atoms with Crippen molar-refractivity contribution in [3.05, 3.63) is 0 Å². The van der Waals surface area contributed by atoms with E-state index in [1.54, 1.807) is 0 Å². The van der Waals surface area contributed by atoms with E-state index in [9.17, 15) is 0 Å². The van der Waals surface area contributed by atoms with Crippen molar-refractivity contribution in [1.82, 2.24) is 6.15 Å². The van der Waals surface area contributed by atoms with Crippen LogP contribution in [-0.2, 0) is 0 Å². The minimum Gasteiger partial charge on any atom is -0.344 e. The Kier molecular flexibility index (Phi) is 4980. The van der Waals surface area contributed by atoms with Crippen LogP contribution in [0.15, 0.2) is 0 Å². The van der Waals surface area contributed by atoms with Crippen LogP contribution >= 0.6 is 0 Å². The monoisotopic (exact) mass is 106 g/mol. The molecule has 0 amide bonds. The van der Waals surface area contributed by atoms with E-state index >= 15 is 0 Å². The molecule has 33 valence electrons. The highest BCUT2D eigenvalue weighted by atomic mass is 28.1. The maximum absolute atomic E-state index is 0. The van der Waals surface area contributed by atoms with E-state index in [0.717, 1.165) is 0 Å². The average molecular weight is 106 g/mol. The second-order valence-corrected chi connectivity index (χ2v) is 0. The summed E-state index contributed by atoms with van der Waals surface area (Å²) in [6.45, 7) is 0. The van der Waals surface area contributed by atoms with Gasteiger partial charge < -0.3 is 6.15 Å². The van der Waals surface area contributed by atoms with E-state index in [1.165, 1.54) is 0 Å². The third-order valence-corrected chi connectivity index (χ3v) is 0. The zero-order valence-electron chi connectivity index (χ0n) is 1.28. The van der Waals surface area contributed by atoms with Gasteiger partial charge in [0.05, 0.1) is 0 Å². The molecular formula is CH14AlBNSi. The molecule has 0 atom stereocenters. The molecule has 0 bridgehead atoms. The Hall–Kier alpha value is 0.774. The van der Waals surface area contributed by atoms with Crippen molar-refractivity contribution in [2.24, 2.45) is 0 Å². The molecule has 0 rings (SSSR count). The molecule has 3 N–H and O–H groups in total. The van der Waals surface area contributed by atoms with Gasteiger partial charge in [-0.3, -0.25) is 0 Å². The molecule has 0 heterocycles. The molecule has 0 saturated heterocycles. The summed E-state index contributed by atoms with van der Waals surface area (Å²) in [5.74, 6) is 0. The first-order valence-corrected chi connectivity index (χ1v) is 0. The van der Waals surface area contributed by atoms with Crippen LogP contribution in [0.2, 0.25) is 0 Å². The van der Waals surface area contributed by atoms with E-state index < -0.39 is 0 Å². The first-order valence-electron chi connectivity index (χ1n) is 0. The first kappa shape index (κ1) is 220. The van der Waals surface area contributed by atoms with Crippen LogP contribution in [0.5, 0.6) is 0 Å². The lowest BCUT2D eigenvalue weighted by atomic mass is 10.8. The number of hydrogen-bond donors (Lipinski definition) is 1. The van der Waals surface area contributed by atoms with Crippen molar-refractivity contribution in [1.29, 1.82) is 0 Å². The summed E-state index contributed by atoms with van der Waals surface area (Å²) in [6, 6.07) is 0. The van der Waals surface area contributed by atoms with Gasteiger partial charge in [0.25, 0.3) is 0 Å². The van der Waals surface area contributed by atoms with Crippen LogP contribution in [-0.4, -0.2) is 36.7 Å². The number of rotatable bonds is 0. The van der Waals surface area contributed by atoms with Gasteiger partial charge in [0, 0.05) is 8.41 Å². The standard InChI is InChI=1S/CH4.Al.B.H3N.H4Si.3H/h1H4;;;1H3;1H4;;;. The minimum atomic E-state index is 0. The van der Waals surface area contributed by atoms with Crippen LogP contribution in [0.4, 0.5) is 0 Å². The third-order valence-electron chi connectivity index (χ3n) is 0. The molecule has 0 aromatic heterocycles. The van der Waals surface area contributed by atoms with Gasteiger partial charge in [-0.15, -0.1) is 0 Å². The van der Waals surface area contributed by atoms with Crippen LogP contribution in [0, 0.1) is 0 Å². The summed E-state index contributed by atoms with van der Waals surface area (Å²) >= 11 is 0. The highest BCUT2D eigenvalue weighted by Crippen LogP contribution is 0.144. The van der Waals surface area contributed by atoms with Gasteiger partial charge in [-0.25, -0.2) is 0 Å². The summed E-state index contributed by atoms with van der Waals surface area (Å²) < 4.78 is 0. The Morgan fingerprint density at radius 2 is 1.00 bits per heavy atom. The zero-order valence-corrected chi connectivity index (χ0v) is 1.28. The molecule has 0 spiro atoms. The highest BCUT2D eigenvalue weighted by Gasteiger charge is 0.187. The van der Waals surface area contributed by atoms with E-state index in [-0.39, 0.29) is 50.3 Å². The fourth-order valence-corrected chi connectivity index (χ4v) is 0. The molecule has 0 saturated carbocycles. The van der Waals surface area contributed by atoms with Crippen LogP contribution in [0.25, 0.3) is 0 Å². The molecular weight excluding hydrogens is 91.9 g/mol. The fraction of sp³-hybridized carbons (Fsp3) is 1.00. The van der Waals surface area contributed by atoms with Gasteiger partial charge >= 0.3 is 0 Å². The second kappa shape index (κ2) is 113. The smallest absolute Gasteiger partial charge is 0.187 e. The maximum atomic E-state index is 0. The molecule has 5 heavy (non-hydrogen) atoms. The van der Waals surface area contributed by atoms with Gasteiger partial charge in [0.15, 0.2) is 17.4 Å². The largest absolute Gasteiger partial charge is 0.344 e. The summed E-state index contributed by atoms with van der Waals surface area (Å²) in [4.78, 5) is 0. The molecule has 0 aliphatic carbocycles. The van der Waals surface area contributed by atoms with E-state index in [0.29, 0.717) is 0 Å². The Balaban J connectivity index is 0. The van der Waals surface area contributed by atoms with Crippen molar-refractivity contribution in [3.8, 4) is 0 Å². The highest BCUT2D eigenvalue weighted by molar-refractivity contribution is 5.76. The lowest BCUT2D eigenvalue weighted by Gasteiger charge is -0.344. The third kappa shape index (κ3) is 61.3. The van der Waals surface area contributed by atoms with Crippen molar-refractivity contribution in [3.63, 3.8) is 0 Å². The van der Waals surface area contributed by atoms with Crippen LogP contribution in [0.3, 0.4) is 0 Å². The summed E-state index contributed by atoms with van der Waals surface area (Å²) in [6.07, 6.45) is 0. The molecule has 0 aromatic rings. The second-order valence-electron chi connectivity index (χ2n) is 0. The normalized spacial score (nSPS) is 0. The predicted molar refractivity (Wildman–Crippen MR) is 38.8 cm³/mol. The summed E-state index contributed by atoms with van der Waals surface area (Å²) in [5.41, 5.74) is 0. The average Bonchev–Trinajstić information content (AvgIpc) is 0. The molecule has 0 unspecified atom stereocenters. The molecule has 0 aromatic carbocycles. The topological polar surface area (TPSA) is 35.0 Å². The van der Waals surface area contributed by atoms with E-state index in [1.807, 2.05) is 0 Å². The van der Waals surface area contributed by atoms with Crippen molar-refractivity contribution >= 4 is 36.7 Å². The molecule has 0 fully saturated rings. The molecule has 0 aliphatic heterocycles. The Morgan fingerprint density at radius 1 is 1.00 bits per heavy atom. The predicted octanol–water partition coefficient (Wildman–Crippen LogP) is -2.22. The van der Waals surface area contributed by atoms with Gasteiger partial charge in [0.1, 0.15) is 0 Å². The Morgan fingerprint density at radius 3 is 1.00 bits per heavy atom. The maximum Gasteiger partial charge on any atom is 0.187 e. The molecule has 1 nitrogen and oxygen atoms in total.